The van der Waals surface area contributed by atoms with Gasteiger partial charge in [-0.1, -0.05) is 54.6 Å². The first-order chi connectivity index (χ1) is 13.8. The number of benzene rings is 2. The van der Waals surface area contributed by atoms with Crippen molar-refractivity contribution in [2.45, 2.75) is 6.92 Å². The van der Waals surface area contributed by atoms with E-state index in [2.05, 4.69) is 70.6 Å². The molecule has 1 saturated heterocycles. The molecule has 2 aromatic carbocycles. The molecule has 1 aliphatic heterocycles. The minimum absolute atomic E-state index is 0.828. The van der Waals surface area contributed by atoms with Gasteiger partial charge in [0.25, 0.3) is 0 Å². The molecule has 4 rings (SSSR count). The van der Waals surface area contributed by atoms with E-state index >= 15 is 0 Å². The number of hydrogen-bond donors (Lipinski definition) is 1. The van der Waals surface area contributed by atoms with Crippen LogP contribution in [0.3, 0.4) is 0 Å². The molecule has 1 fully saturated rings. The Labute approximate surface area is 166 Å². The lowest BCUT2D eigenvalue weighted by Crippen LogP contribution is -2.47. The molecule has 0 unspecified atom stereocenters. The summed E-state index contributed by atoms with van der Waals surface area (Å²) in [7, 11) is 0. The zero-order chi connectivity index (χ0) is 19.2. The Morgan fingerprint density at radius 2 is 1.68 bits per heavy atom. The molecule has 0 saturated carbocycles. The Bertz CT molecular complexity index is 930. The van der Waals surface area contributed by atoms with Crippen LogP contribution in [0.4, 0.5) is 11.8 Å². The molecule has 2 heterocycles. The van der Waals surface area contributed by atoms with Crippen molar-refractivity contribution < 1.29 is 0 Å². The van der Waals surface area contributed by atoms with Crippen molar-refractivity contribution in [1.82, 2.24) is 14.9 Å². The second-order valence-corrected chi connectivity index (χ2v) is 7.02. The molecule has 28 heavy (non-hydrogen) atoms. The normalized spacial score (nSPS) is 15.4. The van der Waals surface area contributed by atoms with Gasteiger partial charge >= 0.3 is 0 Å². The zero-order valence-corrected chi connectivity index (χ0v) is 16.4. The summed E-state index contributed by atoms with van der Waals surface area (Å²) in [6.07, 6.45) is 4.45. The van der Waals surface area contributed by atoms with Gasteiger partial charge in [0.2, 0.25) is 5.95 Å². The van der Waals surface area contributed by atoms with Crippen LogP contribution in [0.2, 0.25) is 0 Å². The molecule has 1 N–H and O–H groups in total. The number of fused-ring (bicyclic) bond motifs is 1. The van der Waals surface area contributed by atoms with Gasteiger partial charge in [-0.25, -0.2) is 4.98 Å². The number of hydrogen-bond acceptors (Lipinski definition) is 5. The Hall–Kier alpha value is -2.92. The summed E-state index contributed by atoms with van der Waals surface area (Å²) in [6, 6.07) is 18.7. The largest absolute Gasteiger partial charge is 0.370 e. The van der Waals surface area contributed by atoms with E-state index in [0.717, 1.165) is 61.9 Å². The molecule has 0 amide bonds. The second kappa shape index (κ2) is 8.85. The summed E-state index contributed by atoms with van der Waals surface area (Å²) in [4.78, 5) is 14.4. The van der Waals surface area contributed by atoms with E-state index in [1.54, 1.807) is 0 Å². The van der Waals surface area contributed by atoms with Crippen molar-refractivity contribution in [3.05, 3.63) is 66.2 Å². The first-order valence-corrected chi connectivity index (χ1v) is 10.0. The third kappa shape index (κ3) is 4.31. The molecule has 0 bridgehead atoms. The van der Waals surface area contributed by atoms with E-state index in [1.165, 1.54) is 5.56 Å². The van der Waals surface area contributed by atoms with Gasteiger partial charge < -0.3 is 10.2 Å². The van der Waals surface area contributed by atoms with E-state index in [-0.39, 0.29) is 0 Å². The SMILES string of the molecule is CCNc1nc(N2CCN(C/C=C/c3ccccc3)CC2)nc2ccccc12. The lowest BCUT2D eigenvalue weighted by atomic mass is 10.2. The van der Waals surface area contributed by atoms with Crippen LogP contribution in [0, 0.1) is 0 Å². The molecule has 0 aliphatic carbocycles. The maximum Gasteiger partial charge on any atom is 0.227 e. The monoisotopic (exact) mass is 373 g/mol. The maximum absolute atomic E-state index is 4.81. The van der Waals surface area contributed by atoms with Crippen LogP contribution in [0.1, 0.15) is 12.5 Å². The summed E-state index contributed by atoms with van der Waals surface area (Å²) < 4.78 is 0. The van der Waals surface area contributed by atoms with Crippen LogP contribution in [0.15, 0.2) is 60.7 Å². The first-order valence-electron chi connectivity index (χ1n) is 10.0. The fraction of sp³-hybridized carbons (Fsp3) is 0.304. The fourth-order valence-corrected chi connectivity index (χ4v) is 3.54. The summed E-state index contributed by atoms with van der Waals surface area (Å²) in [5.74, 6) is 1.76. The quantitative estimate of drug-likeness (QED) is 0.710. The highest BCUT2D eigenvalue weighted by Crippen LogP contribution is 2.24. The van der Waals surface area contributed by atoms with E-state index < -0.39 is 0 Å². The van der Waals surface area contributed by atoms with E-state index in [0.29, 0.717) is 0 Å². The number of anilines is 2. The van der Waals surface area contributed by atoms with Crippen LogP contribution < -0.4 is 10.2 Å². The minimum Gasteiger partial charge on any atom is -0.370 e. The molecular formula is C23H27N5. The molecule has 0 radical (unpaired) electrons. The third-order valence-corrected chi connectivity index (χ3v) is 5.06. The summed E-state index contributed by atoms with van der Waals surface area (Å²) in [5.41, 5.74) is 2.25. The standard InChI is InChI=1S/C23H27N5/c1-2-24-22-20-12-6-7-13-21(20)25-23(26-22)28-17-15-27(16-18-28)14-8-11-19-9-4-3-5-10-19/h3-13H,2,14-18H2,1H3,(H,24,25,26)/b11-8+. The zero-order valence-electron chi connectivity index (χ0n) is 16.4. The van der Waals surface area contributed by atoms with Gasteiger partial charge in [-0.05, 0) is 24.6 Å². The van der Waals surface area contributed by atoms with Gasteiger partial charge in [-0.2, -0.15) is 4.98 Å². The Morgan fingerprint density at radius 3 is 2.46 bits per heavy atom. The number of nitrogens with one attached hydrogen (secondary N) is 1. The number of para-hydroxylation sites is 1. The molecule has 0 spiro atoms. The van der Waals surface area contributed by atoms with Crippen LogP contribution in [0.5, 0.6) is 0 Å². The highest BCUT2D eigenvalue weighted by atomic mass is 15.3. The van der Waals surface area contributed by atoms with Crippen molar-refractivity contribution in [3.8, 4) is 0 Å². The number of rotatable bonds is 6. The molecule has 5 heteroatoms. The minimum atomic E-state index is 0.828. The van der Waals surface area contributed by atoms with Crippen molar-refractivity contribution in [1.29, 1.82) is 0 Å². The third-order valence-electron chi connectivity index (χ3n) is 5.06. The molecular weight excluding hydrogens is 346 g/mol. The second-order valence-electron chi connectivity index (χ2n) is 7.02. The van der Waals surface area contributed by atoms with Crippen LogP contribution >= 0.6 is 0 Å². The van der Waals surface area contributed by atoms with Gasteiger partial charge in [0, 0.05) is 44.7 Å². The Balaban J connectivity index is 1.40. The highest BCUT2D eigenvalue weighted by molar-refractivity contribution is 5.90. The van der Waals surface area contributed by atoms with Gasteiger partial charge in [0.1, 0.15) is 5.82 Å². The average molecular weight is 374 g/mol. The van der Waals surface area contributed by atoms with E-state index in [9.17, 15) is 0 Å². The van der Waals surface area contributed by atoms with Gasteiger partial charge in [-0.15, -0.1) is 0 Å². The number of piperazine rings is 1. The van der Waals surface area contributed by atoms with Crippen LogP contribution in [0.25, 0.3) is 17.0 Å². The van der Waals surface area contributed by atoms with Crippen molar-refractivity contribution in [2.75, 3.05) is 49.5 Å². The smallest absolute Gasteiger partial charge is 0.227 e. The molecule has 3 aromatic rings. The predicted molar refractivity (Wildman–Crippen MR) is 118 cm³/mol. The maximum atomic E-state index is 4.81. The lowest BCUT2D eigenvalue weighted by Gasteiger charge is -2.34. The topological polar surface area (TPSA) is 44.3 Å². The van der Waals surface area contributed by atoms with Gasteiger partial charge in [-0.3, -0.25) is 4.90 Å². The fourth-order valence-electron chi connectivity index (χ4n) is 3.54. The number of nitrogens with zero attached hydrogens (tertiary/aromatic N) is 4. The molecule has 0 atom stereocenters. The summed E-state index contributed by atoms with van der Waals surface area (Å²) >= 11 is 0. The van der Waals surface area contributed by atoms with Crippen molar-refractivity contribution in [2.24, 2.45) is 0 Å². The predicted octanol–water partition coefficient (Wildman–Crippen LogP) is 3.90. The van der Waals surface area contributed by atoms with Crippen LogP contribution in [-0.2, 0) is 0 Å². The molecule has 144 valence electrons. The summed E-state index contributed by atoms with van der Waals surface area (Å²) in [6.45, 7) is 7.86. The molecule has 1 aliphatic rings. The van der Waals surface area contributed by atoms with Gasteiger partial charge in [0.05, 0.1) is 5.52 Å². The van der Waals surface area contributed by atoms with Crippen LogP contribution in [-0.4, -0.2) is 54.1 Å². The Morgan fingerprint density at radius 1 is 0.929 bits per heavy atom. The number of aromatic nitrogens is 2. The lowest BCUT2D eigenvalue weighted by molar-refractivity contribution is 0.283. The average Bonchev–Trinajstić information content (AvgIpc) is 2.75. The van der Waals surface area contributed by atoms with E-state index in [1.807, 2.05) is 18.2 Å². The van der Waals surface area contributed by atoms with Gasteiger partial charge in [0.15, 0.2) is 0 Å². The molecule has 5 nitrogen and oxygen atoms in total. The van der Waals surface area contributed by atoms with E-state index in [4.69, 9.17) is 9.97 Å². The van der Waals surface area contributed by atoms with Crippen molar-refractivity contribution >= 4 is 28.7 Å². The highest BCUT2D eigenvalue weighted by Gasteiger charge is 2.19. The Kier molecular flexibility index (Phi) is 5.83. The molecule has 1 aromatic heterocycles. The summed E-state index contributed by atoms with van der Waals surface area (Å²) in [5, 5.41) is 4.47. The van der Waals surface area contributed by atoms with Crippen molar-refractivity contribution in [3.63, 3.8) is 0 Å². The first kappa shape index (κ1) is 18.4.